The van der Waals surface area contributed by atoms with Crippen molar-refractivity contribution >= 4 is 11.6 Å². The predicted octanol–water partition coefficient (Wildman–Crippen LogP) is 2.24. The molecule has 2 rings (SSSR count). The van der Waals surface area contributed by atoms with Gasteiger partial charge in [-0.2, -0.15) is 18.4 Å². The lowest BCUT2D eigenvalue weighted by Crippen LogP contribution is -2.47. The number of hydrogen-bond donors (Lipinski definition) is 1. The Labute approximate surface area is 131 Å². The molecule has 1 heterocycles. The molecule has 0 saturated carbocycles. The highest BCUT2D eigenvalue weighted by atomic mass is 19.4. The van der Waals surface area contributed by atoms with E-state index >= 15 is 0 Å². The normalized spacial score (nSPS) is 16.6. The largest absolute Gasteiger partial charge is 0.417 e. The molecule has 1 aromatic rings. The van der Waals surface area contributed by atoms with Crippen LogP contribution in [0.5, 0.6) is 0 Å². The molecule has 0 aliphatic carbocycles. The number of carbonyl (C=O) groups excluding carboxylic acids is 1. The molecule has 0 radical (unpaired) electrons. The molecule has 1 atom stereocenters. The first-order valence-electron chi connectivity index (χ1n) is 7.07. The number of ether oxygens (including phenoxy) is 1. The van der Waals surface area contributed by atoms with Crippen LogP contribution in [-0.2, 0) is 15.7 Å². The fraction of sp³-hybridized carbons (Fsp3) is 0.467. The second-order valence-electron chi connectivity index (χ2n) is 5.17. The summed E-state index contributed by atoms with van der Waals surface area (Å²) < 4.78 is 43.4. The van der Waals surface area contributed by atoms with Crippen molar-refractivity contribution in [2.24, 2.45) is 0 Å². The first-order chi connectivity index (χ1) is 10.8. The predicted molar refractivity (Wildman–Crippen MR) is 76.6 cm³/mol. The van der Waals surface area contributed by atoms with E-state index in [1.165, 1.54) is 12.1 Å². The topological polar surface area (TPSA) is 65.4 Å². The van der Waals surface area contributed by atoms with Crippen LogP contribution >= 0.6 is 0 Å². The molecule has 1 N–H and O–H groups in total. The van der Waals surface area contributed by atoms with Gasteiger partial charge < -0.3 is 15.0 Å². The van der Waals surface area contributed by atoms with Crippen LogP contribution < -0.4 is 5.32 Å². The SMILES string of the molecule is CC(Nc1ccc(C(F)(F)F)c(C#N)c1)C(=O)N1CCOCC1. The van der Waals surface area contributed by atoms with Gasteiger partial charge in [-0.25, -0.2) is 0 Å². The Hall–Kier alpha value is -2.27. The van der Waals surface area contributed by atoms with Crippen LogP contribution in [0.1, 0.15) is 18.1 Å². The fourth-order valence-corrected chi connectivity index (χ4v) is 2.34. The molecule has 1 amide bonds. The minimum Gasteiger partial charge on any atom is -0.378 e. The molecule has 1 fully saturated rings. The van der Waals surface area contributed by atoms with Gasteiger partial charge in [0.15, 0.2) is 0 Å². The molecular formula is C15H16F3N3O2. The van der Waals surface area contributed by atoms with Gasteiger partial charge in [-0.3, -0.25) is 4.79 Å². The lowest BCUT2D eigenvalue weighted by molar-refractivity contribution is -0.138. The number of nitriles is 1. The molecular weight excluding hydrogens is 311 g/mol. The maximum Gasteiger partial charge on any atom is 0.417 e. The Morgan fingerprint density at radius 3 is 2.61 bits per heavy atom. The van der Waals surface area contributed by atoms with Gasteiger partial charge in [0.25, 0.3) is 0 Å². The quantitative estimate of drug-likeness (QED) is 0.925. The van der Waals surface area contributed by atoms with Crippen LogP contribution in [0, 0.1) is 11.3 Å². The molecule has 1 aliphatic rings. The summed E-state index contributed by atoms with van der Waals surface area (Å²) in [7, 11) is 0. The molecule has 8 heteroatoms. The number of anilines is 1. The summed E-state index contributed by atoms with van der Waals surface area (Å²) in [4.78, 5) is 13.9. The van der Waals surface area contributed by atoms with Crippen LogP contribution in [0.25, 0.3) is 0 Å². The Morgan fingerprint density at radius 1 is 1.39 bits per heavy atom. The third-order valence-corrected chi connectivity index (χ3v) is 3.52. The van der Waals surface area contributed by atoms with Gasteiger partial charge in [-0.15, -0.1) is 0 Å². The van der Waals surface area contributed by atoms with Crippen molar-refractivity contribution in [3.63, 3.8) is 0 Å². The van der Waals surface area contributed by atoms with E-state index in [1.807, 2.05) is 0 Å². The van der Waals surface area contributed by atoms with Crippen molar-refractivity contribution in [3.05, 3.63) is 29.3 Å². The van der Waals surface area contributed by atoms with Crippen LogP contribution in [0.15, 0.2) is 18.2 Å². The van der Waals surface area contributed by atoms with Crippen molar-refractivity contribution in [2.75, 3.05) is 31.6 Å². The first-order valence-corrected chi connectivity index (χ1v) is 7.07. The molecule has 124 valence electrons. The zero-order valence-corrected chi connectivity index (χ0v) is 12.5. The number of alkyl halides is 3. The van der Waals surface area contributed by atoms with Crippen molar-refractivity contribution in [3.8, 4) is 6.07 Å². The number of benzene rings is 1. The van der Waals surface area contributed by atoms with E-state index in [9.17, 15) is 18.0 Å². The van der Waals surface area contributed by atoms with Gasteiger partial charge in [0.05, 0.1) is 30.4 Å². The van der Waals surface area contributed by atoms with E-state index in [1.54, 1.807) is 11.8 Å². The molecule has 23 heavy (non-hydrogen) atoms. The van der Waals surface area contributed by atoms with Gasteiger partial charge in [-0.1, -0.05) is 0 Å². The van der Waals surface area contributed by atoms with Crippen molar-refractivity contribution < 1.29 is 22.7 Å². The molecule has 1 unspecified atom stereocenters. The number of morpholine rings is 1. The van der Waals surface area contributed by atoms with E-state index in [0.29, 0.717) is 32.0 Å². The van der Waals surface area contributed by atoms with E-state index < -0.39 is 23.3 Å². The van der Waals surface area contributed by atoms with Gasteiger partial charge in [0, 0.05) is 18.8 Å². The van der Waals surface area contributed by atoms with Gasteiger partial charge >= 0.3 is 6.18 Å². The summed E-state index contributed by atoms with van der Waals surface area (Å²) in [5, 5.41) is 11.7. The van der Waals surface area contributed by atoms with Crippen molar-refractivity contribution in [2.45, 2.75) is 19.1 Å². The average molecular weight is 327 g/mol. The average Bonchev–Trinajstić information content (AvgIpc) is 2.53. The minimum absolute atomic E-state index is 0.160. The summed E-state index contributed by atoms with van der Waals surface area (Å²) in [6, 6.07) is 4.08. The number of hydrogen-bond acceptors (Lipinski definition) is 4. The number of carbonyl (C=O) groups is 1. The van der Waals surface area contributed by atoms with Crippen LogP contribution in [0.2, 0.25) is 0 Å². The molecule has 0 aromatic heterocycles. The Kier molecular flexibility index (Phi) is 5.11. The number of halogens is 3. The van der Waals surface area contributed by atoms with Gasteiger partial charge in [-0.05, 0) is 25.1 Å². The molecule has 1 aliphatic heterocycles. The van der Waals surface area contributed by atoms with E-state index in [2.05, 4.69) is 5.32 Å². The van der Waals surface area contributed by atoms with Crippen LogP contribution in [0.3, 0.4) is 0 Å². The summed E-state index contributed by atoms with van der Waals surface area (Å²) in [5.41, 5.74) is -1.17. The standard InChI is InChI=1S/C15H16F3N3O2/c1-10(14(22)21-4-6-23-7-5-21)20-12-2-3-13(15(16,17)18)11(8-12)9-19/h2-3,8,10,20H,4-7H2,1H3. The van der Waals surface area contributed by atoms with Crippen LogP contribution in [0.4, 0.5) is 18.9 Å². The molecule has 0 spiro atoms. The monoisotopic (exact) mass is 327 g/mol. The van der Waals surface area contributed by atoms with E-state index in [4.69, 9.17) is 10.00 Å². The Bertz CT molecular complexity index is 619. The highest BCUT2D eigenvalue weighted by molar-refractivity contribution is 5.84. The summed E-state index contributed by atoms with van der Waals surface area (Å²) in [5.74, 6) is -0.160. The zero-order chi connectivity index (χ0) is 17.0. The zero-order valence-electron chi connectivity index (χ0n) is 12.5. The van der Waals surface area contributed by atoms with Gasteiger partial charge in [0.2, 0.25) is 5.91 Å². The van der Waals surface area contributed by atoms with Crippen molar-refractivity contribution in [1.29, 1.82) is 5.26 Å². The molecule has 1 aromatic carbocycles. The van der Waals surface area contributed by atoms with Gasteiger partial charge in [0.1, 0.15) is 6.04 Å². The fourth-order valence-electron chi connectivity index (χ4n) is 2.34. The maximum absolute atomic E-state index is 12.8. The molecule has 0 bridgehead atoms. The van der Waals surface area contributed by atoms with E-state index in [-0.39, 0.29) is 5.91 Å². The highest BCUT2D eigenvalue weighted by Gasteiger charge is 2.33. The van der Waals surface area contributed by atoms with Crippen molar-refractivity contribution in [1.82, 2.24) is 4.90 Å². The lowest BCUT2D eigenvalue weighted by Gasteiger charge is -2.29. The van der Waals surface area contributed by atoms with E-state index in [0.717, 1.165) is 12.1 Å². The smallest absolute Gasteiger partial charge is 0.378 e. The summed E-state index contributed by atoms with van der Waals surface area (Å²) in [6.07, 6.45) is -4.58. The molecule has 1 saturated heterocycles. The number of nitrogens with zero attached hydrogens (tertiary/aromatic N) is 2. The second kappa shape index (κ2) is 6.87. The Balaban J connectivity index is 2.10. The highest BCUT2D eigenvalue weighted by Crippen LogP contribution is 2.33. The molecule has 5 nitrogen and oxygen atoms in total. The number of amides is 1. The number of rotatable bonds is 3. The number of nitrogens with one attached hydrogen (secondary N) is 1. The summed E-state index contributed by atoms with van der Waals surface area (Å²) in [6.45, 7) is 3.54. The van der Waals surface area contributed by atoms with Crippen LogP contribution in [-0.4, -0.2) is 43.2 Å². The third-order valence-electron chi connectivity index (χ3n) is 3.52. The maximum atomic E-state index is 12.8. The summed E-state index contributed by atoms with van der Waals surface area (Å²) >= 11 is 0. The Morgan fingerprint density at radius 2 is 2.04 bits per heavy atom. The first kappa shape index (κ1) is 17.1. The minimum atomic E-state index is -4.58. The second-order valence-corrected chi connectivity index (χ2v) is 5.17. The lowest BCUT2D eigenvalue weighted by atomic mass is 10.1. The third kappa shape index (κ3) is 4.13.